The van der Waals surface area contributed by atoms with Crippen molar-refractivity contribution in [3.63, 3.8) is 0 Å². The van der Waals surface area contributed by atoms with Gasteiger partial charge < -0.3 is 25.8 Å². The number of amides is 2. The molecule has 0 saturated carbocycles. The lowest BCUT2D eigenvalue weighted by Crippen LogP contribution is -2.45. The van der Waals surface area contributed by atoms with E-state index in [9.17, 15) is 9.90 Å². The molecule has 0 radical (unpaired) electrons. The number of morpholine rings is 1. The molecule has 3 aliphatic rings. The summed E-state index contributed by atoms with van der Waals surface area (Å²) in [4.78, 5) is 21.5. The Morgan fingerprint density at radius 3 is 2.89 bits per heavy atom. The Bertz CT molecular complexity index is 879. The molecule has 2 aliphatic heterocycles. The predicted octanol–water partition coefficient (Wildman–Crippen LogP) is 2.00. The van der Waals surface area contributed by atoms with Gasteiger partial charge in [0.15, 0.2) is 0 Å². The van der Waals surface area contributed by atoms with Crippen LogP contribution in [0.3, 0.4) is 0 Å². The van der Waals surface area contributed by atoms with E-state index in [1.165, 1.54) is 11.3 Å². The molecule has 0 aromatic carbocycles. The molecule has 1 aliphatic carbocycles. The first-order valence-corrected chi connectivity index (χ1v) is 13.2. The number of aliphatic imine (C=N–C) groups is 1. The van der Waals surface area contributed by atoms with Gasteiger partial charge in [-0.25, -0.2) is 4.79 Å². The Labute approximate surface area is 216 Å². The molecular formula is C27H44N6O3. The second-order valence-electron chi connectivity index (χ2n) is 9.54. The molecule has 3 rings (SSSR count). The summed E-state index contributed by atoms with van der Waals surface area (Å²) in [5, 5.41) is 18.7. The summed E-state index contributed by atoms with van der Waals surface area (Å²) in [6.07, 6.45) is 12.8. The number of hydrogen-bond acceptors (Lipinski definition) is 6. The molecule has 2 amide bonds. The minimum atomic E-state index is -0.212. The molecule has 1 fully saturated rings. The zero-order valence-electron chi connectivity index (χ0n) is 22.1. The maximum Gasteiger partial charge on any atom is 0.319 e. The van der Waals surface area contributed by atoms with Gasteiger partial charge in [-0.2, -0.15) is 0 Å². The molecule has 0 aromatic heterocycles. The summed E-state index contributed by atoms with van der Waals surface area (Å²) in [7, 11) is 1.82. The number of carbonyl (C=O) groups is 1. The first kappa shape index (κ1) is 28.1. The monoisotopic (exact) mass is 500 g/mol. The first-order valence-electron chi connectivity index (χ1n) is 13.2. The van der Waals surface area contributed by atoms with Crippen molar-refractivity contribution in [2.45, 2.75) is 39.2 Å². The summed E-state index contributed by atoms with van der Waals surface area (Å²) >= 11 is 0. The van der Waals surface area contributed by atoms with Crippen LogP contribution in [0.1, 0.15) is 33.1 Å². The van der Waals surface area contributed by atoms with Crippen molar-refractivity contribution < 1.29 is 14.6 Å². The van der Waals surface area contributed by atoms with E-state index in [4.69, 9.17) is 4.74 Å². The molecule has 0 aromatic rings. The number of ether oxygens (including phenoxy) is 1. The lowest BCUT2D eigenvalue weighted by atomic mass is 10.0. The molecular weight excluding hydrogens is 456 g/mol. The second-order valence-corrected chi connectivity index (χ2v) is 9.54. The number of rotatable bonds is 9. The average molecular weight is 501 g/mol. The summed E-state index contributed by atoms with van der Waals surface area (Å²) in [6, 6.07) is 0.187. The first-order chi connectivity index (χ1) is 17.5. The molecule has 9 heteroatoms. The number of urea groups is 1. The summed E-state index contributed by atoms with van der Waals surface area (Å²) in [6.45, 7) is 11.1. The van der Waals surface area contributed by atoms with Crippen LogP contribution in [-0.2, 0) is 4.74 Å². The quantitative estimate of drug-likeness (QED) is 0.285. The van der Waals surface area contributed by atoms with E-state index < -0.39 is 0 Å². The van der Waals surface area contributed by atoms with E-state index in [0.29, 0.717) is 12.6 Å². The van der Waals surface area contributed by atoms with Gasteiger partial charge in [-0.05, 0) is 57.4 Å². The van der Waals surface area contributed by atoms with Gasteiger partial charge in [0.2, 0.25) is 0 Å². The van der Waals surface area contributed by atoms with Gasteiger partial charge in [-0.1, -0.05) is 18.2 Å². The third-order valence-electron chi connectivity index (χ3n) is 6.80. The number of nitrogens with zero attached hydrogens (tertiary/aromatic N) is 3. The lowest BCUT2D eigenvalue weighted by molar-refractivity contribution is 0.00391. The highest BCUT2D eigenvalue weighted by molar-refractivity contribution is 5.89. The van der Waals surface area contributed by atoms with Crippen molar-refractivity contribution in [3.05, 3.63) is 47.3 Å². The van der Waals surface area contributed by atoms with Gasteiger partial charge in [0.25, 0.3) is 0 Å². The fourth-order valence-corrected chi connectivity index (χ4v) is 4.76. The largest absolute Gasteiger partial charge is 0.396 e. The zero-order chi connectivity index (χ0) is 25.8. The van der Waals surface area contributed by atoms with Crippen molar-refractivity contribution in [3.8, 4) is 0 Å². The molecule has 9 nitrogen and oxygen atoms in total. The van der Waals surface area contributed by atoms with Crippen LogP contribution in [0.2, 0.25) is 0 Å². The van der Waals surface area contributed by atoms with E-state index in [2.05, 4.69) is 49.8 Å². The smallest absolute Gasteiger partial charge is 0.319 e. The van der Waals surface area contributed by atoms with Crippen molar-refractivity contribution in [2.75, 3.05) is 66.1 Å². The van der Waals surface area contributed by atoms with Crippen LogP contribution < -0.4 is 16.0 Å². The number of allylic oxidation sites excluding steroid dienone is 3. The number of amidine groups is 1. The number of hydrogen-bond donors (Lipinski definition) is 4. The minimum Gasteiger partial charge on any atom is -0.396 e. The van der Waals surface area contributed by atoms with Crippen LogP contribution in [0.5, 0.6) is 0 Å². The van der Waals surface area contributed by atoms with Crippen molar-refractivity contribution in [1.29, 1.82) is 0 Å². The van der Waals surface area contributed by atoms with Crippen LogP contribution in [0.15, 0.2) is 52.3 Å². The van der Waals surface area contributed by atoms with Gasteiger partial charge >= 0.3 is 6.03 Å². The highest BCUT2D eigenvalue weighted by atomic mass is 16.5. The number of nitrogens with one attached hydrogen (secondary N) is 3. The molecule has 1 saturated heterocycles. The minimum absolute atomic E-state index is 0.0370. The highest BCUT2D eigenvalue weighted by Crippen LogP contribution is 2.21. The Balaban J connectivity index is 1.77. The number of carbonyl (C=O) groups excluding carboxylic acids is 1. The molecule has 1 unspecified atom stereocenters. The third-order valence-corrected chi connectivity index (χ3v) is 6.80. The maximum absolute atomic E-state index is 11.9. The van der Waals surface area contributed by atoms with Crippen LogP contribution in [0.25, 0.3) is 0 Å². The van der Waals surface area contributed by atoms with Crippen LogP contribution in [0.4, 0.5) is 4.79 Å². The Morgan fingerprint density at radius 2 is 2.14 bits per heavy atom. The van der Waals surface area contributed by atoms with Gasteiger partial charge in [-0.3, -0.25) is 14.8 Å². The van der Waals surface area contributed by atoms with Crippen LogP contribution in [0, 0.1) is 5.92 Å². The van der Waals surface area contributed by atoms with Gasteiger partial charge in [0, 0.05) is 63.8 Å². The van der Waals surface area contributed by atoms with Crippen LogP contribution >= 0.6 is 0 Å². The van der Waals surface area contributed by atoms with Crippen molar-refractivity contribution >= 4 is 11.9 Å². The standard InChI is InChI=1S/C27H44N6O3/c1-4-29-27(35)30-24-10-5-8-22(11-12-24)26(28-3)31-25-19-32(14-7-16-34)13-6-9-23(25)18-33-15-17-36-20-21(33)2/h5,8,10-12,21-22,34H,4,6-7,9,13-20H2,1-3H3,(H,28,31)(H2,29,30,35)/t21-,22?/m0/s1. The second kappa shape index (κ2) is 14.9. The SMILES string of the molecule is CCNC(=O)NC1=CC=CC(C(=NC)NC2=C(CN3CCOC[C@@H]3C)CCCN(CCCO)C2)C=C1. The summed E-state index contributed by atoms with van der Waals surface area (Å²) in [5.41, 5.74) is 3.38. The normalized spacial score (nSPS) is 24.2. The Morgan fingerprint density at radius 1 is 1.28 bits per heavy atom. The predicted molar refractivity (Wildman–Crippen MR) is 145 cm³/mol. The molecule has 36 heavy (non-hydrogen) atoms. The maximum atomic E-state index is 11.9. The van der Waals surface area contributed by atoms with Crippen molar-refractivity contribution in [1.82, 2.24) is 25.8 Å². The fraction of sp³-hybridized carbons (Fsp3) is 0.630. The molecule has 2 heterocycles. The molecule has 0 bridgehead atoms. The van der Waals surface area contributed by atoms with Gasteiger partial charge in [0.1, 0.15) is 5.84 Å². The van der Waals surface area contributed by atoms with Gasteiger partial charge in [-0.15, -0.1) is 0 Å². The summed E-state index contributed by atoms with van der Waals surface area (Å²) in [5.74, 6) is 0.840. The molecule has 0 spiro atoms. The van der Waals surface area contributed by atoms with E-state index in [1.54, 1.807) is 0 Å². The van der Waals surface area contributed by atoms with Crippen molar-refractivity contribution in [2.24, 2.45) is 10.9 Å². The molecule has 2 atom stereocenters. The molecule has 200 valence electrons. The van der Waals surface area contributed by atoms with E-state index in [0.717, 1.165) is 76.7 Å². The zero-order valence-corrected chi connectivity index (χ0v) is 22.1. The van der Waals surface area contributed by atoms with Crippen LogP contribution in [-0.4, -0.2) is 99.0 Å². The Hall–Kier alpha value is -2.46. The van der Waals surface area contributed by atoms with Gasteiger partial charge in [0.05, 0.1) is 19.1 Å². The molecule has 4 N–H and O–H groups in total. The van der Waals surface area contributed by atoms with E-state index in [-0.39, 0.29) is 18.6 Å². The lowest BCUT2D eigenvalue weighted by Gasteiger charge is -2.34. The fourth-order valence-electron chi connectivity index (χ4n) is 4.76. The number of aliphatic hydroxyl groups excluding tert-OH is 1. The average Bonchev–Trinajstić information content (AvgIpc) is 3.21. The van der Waals surface area contributed by atoms with E-state index >= 15 is 0 Å². The highest BCUT2D eigenvalue weighted by Gasteiger charge is 2.25. The topological polar surface area (TPSA) is 101 Å². The Kier molecular flexibility index (Phi) is 11.7. The third kappa shape index (κ3) is 8.58. The number of aliphatic hydroxyl groups is 1. The van der Waals surface area contributed by atoms with E-state index in [1.807, 2.05) is 32.2 Å². The summed E-state index contributed by atoms with van der Waals surface area (Å²) < 4.78 is 5.66.